The fourth-order valence-electron chi connectivity index (χ4n) is 3.50. The molecule has 0 atom stereocenters. The molecule has 0 fully saturated rings. The van der Waals surface area contributed by atoms with E-state index in [4.69, 9.17) is 60.3 Å². The molecule has 0 heterocycles. The van der Waals surface area contributed by atoms with Crippen LogP contribution in [0.1, 0.15) is 0 Å². The summed E-state index contributed by atoms with van der Waals surface area (Å²) < 4.78 is 0.559. The van der Waals surface area contributed by atoms with Crippen LogP contribution < -0.4 is 4.48 Å². The lowest BCUT2D eigenvalue weighted by Gasteiger charge is -2.37. The topological polar surface area (TPSA) is 243 Å². The molecular formula is C24H32B4NO12+. The average molecular weight is 570 g/mol. The third-order valence-corrected chi connectivity index (χ3v) is 4.57. The van der Waals surface area contributed by atoms with E-state index in [0.717, 1.165) is 0 Å². The van der Waals surface area contributed by atoms with Crippen molar-refractivity contribution >= 4 is 52.0 Å². The van der Waals surface area contributed by atoms with Crippen LogP contribution >= 0.6 is 0 Å². The highest BCUT2D eigenvalue weighted by atomic mass is 16.5. The van der Waals surface area contributed by atoms with Gasteiger partial charge in [-0.3, -0.25) is 0 Å². The van der Waals surface area contributed by atoms with Gasteiger partial charge in [0, 0.05) is 48.5 Å². The Hall–Kier alpha value is -3.38. The molecule has 0 spiro atoms. The Morgan fingerprint density at radius 2 is 0.390 bits per heavy atom. The largest absolute Gasteiger partial charge is 0.631 e. The third-order valence-electron chi connectivity index (χ3n) is 4.57. The van der Waals surface area contributed by atoms with Crippen LogP contribution in [0.25, 0.3) is 0 Å². The molecule has 4 aromatic rings. The predicted molar refractivity (Wildman–Crippen MR) is 156 cm³/mol. The smallest absolute Gasteiger partial charge is 0.402 e. The fourth-order valence-corrected chi connectivity index (χ4v) is 3.50. The van der Waals surface area contributed by atoms with Crippen molar-refractivity contribution in [3.05, 3.63) is 121 Å². The molecule has 12 N–H and O–H groups in total. The van der Waals surface area contributed by atoms with Crippen LogP contribution in [0, 0.1) is 0 Å². The van der Waals surface area contributed by atoms with Crippen molar-refractivity contribution in [3.63, 3.8) is 0 Å². The maximum atomic E-state index is 7.17. The first-order chi connectivity index (χ1) is 19.3. The van der Waals surface area contributed by atoms with Crippen LogP contribution in [-0.4, -0.2) is 89.6 Å². The molecule has 13 nitrogen and oxygen atoms in total. The van der Waals surface area contributed by atoms with Crippen molar-refractivity contribution in [2.24, 2.45) is 0 Å². The van der Waals surface area contributed by atoms with E-state index in [0.29, 0.717) is 4.48 Å². The Bertz CT molecular complexity index is 952. The summed E-state index contributed by atoms with van der Waals surface area (Å²) >= 11 is 0. The summed E-state index contributed by atoms with van der Waals surface area (Å²) in [7, 11) is -8.67. The third kappa shape index (κ3) is 15.9. The first kappa shape index (κ1) is 37.6. The van der Waals surface area contributed by atoms with E-state index in [9.17, 15) is 0 Å². The molecule has 0 saturated carbocycles. The van der Waals surface area contributed by atoms with Crippen LogP contribution in [0.2, 0.25) is 0 Å². The molecule has 0 aliphatic heterocycles. The first-order valence-electron chi connectivity index (χ1n) is 11.6. The maximum Gasteiger partial charge on any atom is 0.631 e. The quantitative estimate of drug-likeness (QED) is 0.102. The summed E-state index contributed by atoms with van der Waals surface area (Å²) in [6.07, 6.45) is 0. The van der Waals surface area contributed by atoms with Gasteiger partial charge >= 0.3 is 29.3 Å². The molecule has 4 aromatic carbocycles. The van der Waals surface area contributed by atoms with Gasteiger partial charge in [0.25, 0.3) is 0 Å². The molecule has 0 radical (unpaired) electrons. The Balaban J connectivity index is 0.000000830. The normalized spacial score (nSPS) is 9.46. The van der Waals surface area contributed by atoms with Crippen molar-refractivity contribution in [2.75, 3.05) is 0 Å². The summed E-state index contributed by atoms with van der Waals surface area (Å²) in [6.45, 7) is 0. The van der Waals surface area contributed by atoms with Crippen molar-refractivity contribution in [3.8, 4) is 0 Å². The van der Waals surface area contributed by atoms with Crippen LogP contribution in [-0.2, 0) is 0 Å². The molecule has 17 heteroatoms. The van der Waals surface area contributed by atoms with Crippen molar-refractivity contribution < 1.29 is 60.3 Å². The number of benzene rings is 4. The van der Waals surface area contributed by atoms with Crippen LogP contribution in [0.5, 0.6) is 0 Å². The molecule has 0 amide bonds. The van der Waals surface area contributed by atoms with Gasteiger partial charge < -0.3 is 60.3 Å². The minimum atomic E-state index is -2.17. The zero-order chi connectivity index (χ0) is 31.3. The number of rotatable bonds is 4. The number of nitrogens with zero attached hydrogens (tertiary/aromatic N) is 1. The summed E-state index contributed by atoms with van der Waals surface area (Å²) in [5.74, 6) is 0. The molecule has 216 valence electrons. The lowest BCUT2D eigenvalue weighted by atomic mass is 10.1. The van der Waals surface area contributed by atoms with E-state index in [1.54, 1.807) is 0 Å². The van der Waals surface area contributed by atoms with E-state index < -0.39 is 29.3 Å². The fraction of sp³-hybridized carbons (Fsp3) is 0. The van der Waals surface area contributed by atoms with E-state index in [1.807, 2.05) is 0 Å². The lowest BCUT2D eigenvalue weighted by molar-refractivity contribution is 0.276. The lowest BCUT2D eigenvalue weighted by Crippen LogP contribution is -2.33. The highest BCUT2D eigenvalue weighted by molar-refractivity contribution is 6.31. The molecule has 0 aliphatic carbocycles. The van der Waals surface area contributed by atoms with Gasteiger partial charge in [-0.25, -0.2) is 0 Å². The number of hydrogen-bond acceptors (Lipinski definition) is 12. The predicted octanol–water partition coefficient (Wildman–Crippen LogP) is -1.22. The summed E-state index contributed by atoms with van der Waals surface area (Å²) in [6, 6.07) is 42.8. The Labute approximate surface area is 238 Å². The molecule has 0 aromatic heterocycles. The standard InChI is InChI=1S/C24H20N.4BH3O3/c1-5-13-21(14-6-1)25(22-15-7-2-8-16-22,23-17-9-3-10-18-23)24-19-11-4-12-20-24;4*2-1(3)4/h1-20H;4*2-4H/q+1;;;;. The highest BCUT2D eigenvalue weighted by Gasteiger charge is 2.38. The molecule has 0 aliphatic rings. The minimum Gasteiger partial charge on any atom is -0.402 e. The second kappa shape index (κ2) is 21.4. The number of hydrogen-bond donors (Lipinski definition) is 12. The zero-order valence-corrected chi connectivity index (χ0v) is 21.7. The minimum absolute atomic E-state index is 0.559. The Morgan fingerprint density at radius 3 is 0.512 bits per heavy atom. The van der Waals surface area contributed by atoms with E-state index in [2.05, 4.69) is 121 Å². The van der Waals surface area contributed by atoms with Gasteiger partial charge in [-0.15, -0.1) is 0 Å². The summed E-state index contributed by atoms with van der Waals surface area (Å²) in [4.78, 5) is 0. The molecule has 0 unspecified atom stereocenters. The number of para-hydroxylation sites is 4. The Morgan fingerprint density at radius 1 is 0.268 bits per heavy atom. The molecular weight excluding hydrogens is 538 g/mol. The van der Waals surface area contributed by atoms with Gasteiger partial charge in [0.15, 0.2) is 0 Å². The SMILES string of the molecule is OB(O)O.OB(O)O.OB(O)O.OB(O)O.c1ccc([N+](c2ccccc2)(c2ccccc2)c2ccccc2)cc1. The molecule has 4 rings (SSSR count). The van der Waals surface area contributed by atoms with Gasteiger partial charge in [0.1, 0.15) is 22.7 Å². The van der Waals surface area contributed by atoms with Crippen molar-refractivity contribution in [1.82, 2.24) is 4.48 Å². The second-order valence-electron chi connectivity index (χ2n) is 7.40. The highest BCUT2D eigenvalue weighted by Crippen LogP contribution is 2.50. The molecule has 41 heavy (non-hydrogen) atoms. The van der Waals surface area contributed by atoms with Crippen LogP contribution in [0.4, 0.5) is 22.7 Å². The first-order valence-corrected chi connectivity index (χ1v) is 11.6. The van der Waals surface area contributed by atoms with E-state index in [1.165, 1.54) is 22.7 Å². The Kier molecular flexibility index (Phi) is 19.6. The monoisotopic (exact) mass is 570 g/mol. The zero-order valence-electron chi connectivity index (χ0n) is 21.7. The number of quaternary nitrogens is 1. The average Bonchev–Trinajstić information content (AvgIpc) is 2.91. The van der Waals surface area contributed by atoms with Gasteiger partial charge in [0.2, 0.25) is 0 Å². The second-order valence-corrected chi connectivity index (χ2v) is 7.40. The van der Waals surface area contributed by atoms with Crippen molar-refractivity contribution in [2.45, 2.75) is 0 Å². The van der Waals surface area contributed by atoms with Crippen molar-refractivity contribution in [1.29, 1.82) is 0 Å². The van der Waals surface area contributed by atoms with Gasteiger partial charge in [-0.1, -0.05) is 72.8 Å². The molecule has 0 saturated heterocycles. The van der Waals surface area contributed by atoms with Crippen LogP contribution in [0.15, 0.2) is 121 Å². The summed E-state index contributed by atoms with van der Waals surface area (Å²) in [5, 5.41) is 86.0. The van der Waals surface area contributed by atoms with Gasteiger partial charge in [-0.05, 0) is 0 Å². The maximum absolute atomic E-state index is 7.17. The molecule has 0 bridgehead atoms. The van der Waals surface area contributed by atoms with E-state index in [-0.39, 0.29) is 0 Å². The van der Waals surface area contributed by atoms with E-state index >= 15 is 0 Å². The summed E-state index contributed by atoms with van der Waals surface area (Å²) in [5.41, 5.74) is 4.86. The van der Waals surface area contributed by atoms with Crippen LogP contribution in [0.3, 0.4) is 0 Å². The van der Waals surface area contributed by atoms with Gasteiger partial charge in [-0.2, -0.15) is 4.48 Å². The van der Waals surface area contributed by atoms with Gasteiger partial charge in [0.05, 0.1) is 0 Å².